The molecule has 0 saturated carbocycles. The molecule has 0 spiro atoms. The molecule has 0 bridgehead atoms. The van der Waals surface area contributed by atoms with E-state index in [0.717, 1.165) is 38.3 Å². The molecule has 18 heavy (non-hydrogen) atoms. The zero-order valence-electron chi connectivity index (χ0n) is 11.3. The summed E-state index contributed by atoms with van der Waals surface area (Å²) in [4.78, 5) is 0. The van der Waals surface area contributed by atoms with Gasteiger partial charge in [0, 0.05) is 32.6 Å². The Morgan fingerprint density at radius 1 is 1.67 bits per heavy atom. The van der Waals surface area contributed by atoms with Crippen LogP contribution in [0.15, 0.2) is 12.4 Å². The maximum atomic E-state index is 5.60. The molecule has 0 radical (unpaired) electrons. The van der Waals surface area contributed by atoms with E-state index in [1.54, 1.807) is 7.11 Å². The number of aromatic nitrogens is 2. The molecule has 1 aliphatic heterocycles. The number of nitrogens with one attached hydrogen (secondary N) is 1. The first-order valence-electron chi connectivity index (χ1n) is 6.67. The van der Waals surface area contributed by atoms with E-state index < -0.39 is 0 Å². The van der Waals surface area contributed by atoms with E-state index >= 15 is 0 Å². The predicted molar refractivity (Wildman–Crippen MR) is 70.8 cm³/mol. The lowest BCUT2D eigenvalue weighted by atomic mass is 10.2. The molecule has 102 valence electrons. The first-order chi connectivity index (χ1) is 8.78. The van der Waals surface area contributed by atoms with Crippen LogP contribution in [0.25, 0.3) is 0 Å². The molecular formula is C13H23N3O2. The summed E-state index contributed by atoms with van der Waals surface area (Å²) >= 11 is 0. The smallest absolute Gasteiger partial charge is 0.0771 e. The number of hydrogen-bond donors (Lipinski definition) is 1. The summed E-state index contributed by atoms with van der Waals surface area (Å²) in [7, 11) is 1.73. The Morgan fingerprint density at radius 3 is 3.28 bits per heavy atom. The van der Waals surface area contributed by atoms with Crippen LogP contribution in [-0.4, -0.2) is 42.2 Å². The highest BCUT2D eigenvalue weighted by Gasteiger charge is 2.16. The number of hydrogen-bond acceptors (Lipinski definition) is 4. The van der Waals surface area contributed by atoms with Crippen molar-refractivity contribution in [1.82, 2.24) is 9.78 Å². The van der Waals surface area contributed by atoms with Crippen molar-refractivity contribution < 1.29 is 9.47 Å². The van der Waals surface area contributed by atoms with Crippen LogP contribution in [-0.2, 0) is 16.0 Å². The summed E-state index contributed by atoms with van der Waals surface area (Å²) in [6.07, 6.45) is 7.57. The van der Waals surface area contributed by atoms with E-state index in [9.17, 15) is 0 Å². The van der Waals surface area contributed by atoms with Gasteiger partial charge in [-0.05, 0) is 26.2 Å². The second-order valence-electron chi connectivity index (χ2n) is 4.91. The molecule has 1 N–H and O–H groups in total. The minimum absolute atomic E-state index is 0.337. The van der Waals surface area contributed by atoms with Gasteiger partial charge in [0.1, 0.15) is 0 Å². The summed E-state index contributed by atoms with van der Waals surface area (Å²) in [5, 5.41) is 7.77. The molecule has 2 unspecified atom stereocenters. The SMILES string of the molecule is COCCC(C)Nc1cnn(CC2CCCO2)c1. The highest BCUT2D eigenvalue weighted by molar-refractivity contribution is 5.39. The fourth-order valence-electron chi connectivity index (χ4n) is 2.19. The fraction of sp³-hybridized carbons (Fsp3) is 0.769. The number of methoxy groups -OCH3 is 1. The normalized spacial score (nSPS) is 21.1. The Bertz CT molecular complexity index is 348. The van der Waals surface area contributed by atoms with Crippen molar-refractivity contribution in [2.24, 2.45) is 0 Å². The molecule has 2 heterocycles. The molecule has 1 aromatic heterocycles. The Labute approximate surface area is 108 Å². The van der Waals surface area contributed by atoms with Crippen molar-refractivity contribution in [3.63, 3.8) is 0 Å². The quantitative estimate of drug-likeness (QED) is 0.806. The molecule has 0 aromatic carbocycles. The van der Waals surface area contributed by atoms with E-state index in [1.165, 1.54) is 6.42 Å². The summed E-state index contributed by atoms with van der Waals surface area (Å²) in [5.41, 5.74) is 1.07. The van der Waals surface area contributed by atoms with Gasteiger partial charge in [0.05, 0.1) is 24.5 Å². The van der Waals surface area contributed by atoms with E-state index in [-0.39, 0.29) is 0 Å². The zero-order chi connectivity index (χ0) is 12.8. The van der Waals surface area contributed by atoms with Crippen molar-refractivity contribution in [3.05, 3.63) is 12.4 Å². The van der Waals surface area contributed by atoms with Crippen molar-refractivity contribution in [2.45, 2.75) is 44.9 Å². The lowest BCUT2D eigenvalue weighted by Gasteiger charge is -2.12. The Kier molecular flexibility index (Phi) is 5.01. The van der Waals surface area contributed by atoms with Gasteiger partial charge in [0.25, 0.3) is 0 Å². The first-order valence-corrected chi connectivity index (χ1v) is 6.67. The van der Waals surface area contributed by atoms with Crippen molar-refractivity contribution >= 4 is 5.69 Å². The Balaban J connectivity index is 1.78. The van der Waals surface area contributed by atoms with Crippen LogP contribution >= 0.6 is 0 Å². The summed E-state index contributed by atoms with van der Waals surface area (Å²) in [5.74, 6) is 0. The van der Waals surface area contributed by atoms with Crippen LogP contribution in [0.1, 0.15) is 26.2 Å². The monoisotopic (exact) mass is 253 g/mol. The minimum Gasteiger partial charge on any atom is -0.385 e. The van der Waals surface area contributed by atoms with Crippen molar-refractivity contribution in [1.29, 1.82) is 0 Å². The molecule has 1 aliphatic rings. The van der Waals surface area contributed by atoms with Crippen LogP contribution in [0.3, 0.4) is 0 Å². The number of ether oxygens (including phenoxy) is 2. The molecule has 5 nitrogen and oxygen atoms in total. The van der Waals surface area contributed by atoms with E-state index in [2.05, 4.69) is 17.3 Å². The van der Waals surface area contributed by atoms with Crippen LogP contribution in [0.2, 0.25) is 0 Å². The highest BCUT2D eigenvalue weighted by atomic mass is 16.5. The van der Waals surface area contributed by atoms with Gasteiger partial charge in [-0.25, -0.2) is 0 Å². The molecule has 1 aromatic rings. The second kappa shape index (κ2) is 6.75. The van der Waals surface area contributed by atoms with Crippen LogP contribution < -0.4 is 5.32 Å². The molecule has 1 fully saturated rings. The van der Waals surface area contributed by atoms with Gasteiger partial charge in [-0.15, -0.1) is 0 Å². The van der Waals surface area contributed by atoms with Gasteiger partial charge in [0.15, 0.2) is 0 Å². The molecule has 5 heteroatoms. The van der Waals surface area contributed by atoms with Gasteiger partial charge in [0.2, 0.25) is 0 Å². The largest absolute Gasteiger partial charge is 0.385 e. The summed E-state index contributed by atoms with van der Waals surface area (Å²) < 4.78 is 12.6. The topological polar surface area (TPSA) is 48.3 Å². The zero-order valence-corrected chi connectivity index (χ0v) is 11.3. The number of rotatable bonds is 7. The summed E-state index contributed by atoms with van der Waals surface area (Å²) in [6, 6.07) is 0.394. The van der Waals surface area contributed by atoms with Gasteiger partial charge >= 0.3 is 0 Å². The van der Waals surface area contributed by atoms with Crippen LogP contribution in [0, 0.1) is 0 Å². The van der Waals surface area contributed by atoms with E-state index in [1.807, 2.05) is 17.1 Å². The Hall–Kier alpha value is -1.07. The third kappa shape index (κ3) is 3.99. The third-order valence-electron chi connectivity index (χ3n) is 3.22. The first kappa shape index (κ1) is 13.4. The standard InChI is InChI=1S/C13H23N3O2/c1-11(5-7-17-2)15-12-8-14-16(9-12)10-13-4-3-6-18-13/h8-9,11,13,15H,3-7,10H2,1-2H3. The fourth-order valence-corrected chi connectivity index (χ4v) is 2.19. The summed E-state index contributed by atoms with van der Waals surface area (Å²) in [6.45, 7) is 4.67. The Morgan fingerprint density at radius 2 is 2.56 bits per heavy atom. The van der Waals surface area contributed by atoms with E-state index in [0.29, 0.717) is 12.1 Å². The minimum atomic E-state index is 0.337. The predicted octanol–water partition coefficient (Wildman–Crippen LogP) is 1.90. The molecule has 2 rings (SSSR count). The van der Waals surface area contributed by atoms with Crippen molar-refractivity contribution in [2.75, 3.05) is 25.6 Å². The maximum Gasteiger partial charge on any atom is 0.0771 e. The molecular weight excluding hydrogens is 230 g/mol. The molecule has 2 atom stereocenters. The highest BCUT2D eigenvalue weighted by Crippen LogP contribution is 2.15. The van der Waals surface area contributed by atoms with Crippen molar-refractivity contribution in [3.8, 4) is 0 Å². The lowest BCUT2D eigenvalue weighted by molar-refractivity contribution is 0.0940. The average Bonchev–Trinajstić information content (AvgIpc) is 2.99. The van der Waals surface area contributed by atoms with Gasteiger partial charge in [-0.2, -0.15) is 5.10 Å². The third-order valence-corrected chi connectivity index (χ3v) is 3.22. The number of nitrogens with zero attached hydrogens (tertiary/aromatic N) is 2. The van der Waals surface area contributed by atoms with Crippen LogP contribution in [0.5, 0.6) is 0 Å². The molecule has 1 saturated heterocycles. The molecule has 0 aliphatic carbocycles. The van der Waals surface area contributed by atoms with Gasteiger partial charge in [-0.3, -0.25) is 4.68 Å². The van der Waals surface area contributed by atoms with Crippen LogP contribution in [0.4, 0.5) is 5.69 Å². The molecule has 0 amide bonds. The second-order valence-corrected chi connectivity index (χ2v) is 4.91. The lowest BCUT2D eigenvalue weighted by Crippen LogP contribution is -2.17. The van der Waals surface area contributed by atoms with E-state index in [4.69, 9.17) is 9.47 Å². The van der Waals surface area contributed by atoms with Gasteiger partial charge in [-0.1, -0.05) is 0 Å². The maximum absolute atomic E-state index is 5.60. The van der Waals surface area contributed by atoms with Gasteiger partial charge < -0.3 is 14.8 Å². The number of anilines is 1. The average molecular weight is 253 g/mol.